The smallest absolute Gasteiger partial charge is 0.114 e. The number of nitrogens with zero attached hydrogens (tertiary/aromatic N) is 3. The molecule has 4 nitrogen and oxygen atoms in total. The van der Waals surface area contributed by atoms with Crippen molar-refractivity contribution < 1.29 is 0 Å². The van der Waals surface area contributed by atoms with Gasteiger partial charge in [0.25, 0.3) is 0 Å². The van der Waals surface area contributed by atoms with Gasteiger partial charge in [-0.15, -0.1) is 0 Å². The third-order valence-corrected chi connectivity index (χ3v) is 5.37. The van der Waals surface area contributed by atoms with Crippen molar-refractivity contribution in [3.63, 3.8) is 0 Å². The molecule has 0 spiro atoms. The van der Waals surface area contributed by atoms with Crippen LogP contribution in [0.1, 0.15) is 50.0 Å². The molecule has 0 bridgehead atoms. The second-order valence-electron chi connectivity index (χ2n) is 7.74. The number of para-hydroxylation sites is 2. The number of anilines is 1. The number of aromatic nitrogens is 2. The Morgan fingerprint density at radius 1 is 1.15 bits per heavy atom. The quantitative estimate of drug-likeness (QED) is 0.702. The Morgan fingerprint density at radius 2 is 2.00 bits per heavy atom. The van der Waals surface area contributed by atoms with E-state index in [1.165, 1.54) is 29.7 Å². The second-order valence-corrected chi connectivity index (χ2v) is 7.74. The van der Waals surface area contributed by atoms with Crippen LogP contribution in [-0.4, -0.2) is 27.5 Å². The molecule has 1 fully saturated rings. The maximum Gasteiger partial charge on any atom is 0.114 e. The van der Waals surface area contributed by atoms with Gasteiger partial charge in [-0.3, -0.25) is 4.90 Å². The van der Waals surface area contributed by atoms with Crippen LogP contribution in [-0.2, 0) is 6.54 Å². The number of imidazole rings is 1. The van der Waals surface area contributed by atoms with Gasteiger partial charge in [-0.25, -0.2) is 4.98 Å². The number of benzene rings is 2. The summed E-state index contributed by atoms with van der Waals surface area (Å²) in [7, 11) is 0. The average Bonchev–Trinajstić information content (AvgIpc) is 3.02. The summed E-state index contributed by atoms with van der Waals surface area (Å²) in [5.74, 6) is 1.73. The van der Waals surface area contributed by atoms with E-state index in [4.69, 9.17) is 10.7 Å². The van der Waals surface area contributed by atoms with Gasteiger partial charge in [-0.1, -0.05) is 24.3 Å². The molecule has 2 heterocycles. The molecule has 1 saturated heterocycles. The van der Waals surface area contributed by atoms with E-state index in [0.29, 0.717) is 12.0 Å². The van der Waals surface area contributed by atoms with E-state index in [0.717, 1.165) is 30.8 Å². The Morgan fingerprint density at radius 3 is 2.81 bits per heavy atom. The Kier molecular flexibility index (Phi) is 4.68. The molecule has 26 heavy (non-hydrogen) atoms. The topological polar surface area (TPSA) is 47.1 Å². The van der Waals surface area contributed by atoms with Crippen LogP contribution >= 0.6 is 0 Å². The largest absolute Gasteiger partial charge is 0.399 e. The summed E-state index contributed by atoms with van der Waals surface area (Å²) < 4.78 is 2.43. The monoisotopic (exact) mass is 348 g/mol. The van der Waals surface area contributed by atoms with Gasteiger partial charge >= 0.3 is 0 Å². The van der Waals surface area contributed by atoms with Crippen LogP contribution in [0.3, 0.4) is 0 Å². The van der Waals surface area contributed by atoms with E-state index in [1.807, 2.05) is 12.1 Å². The summed E-state index contributed by atoms with van der Waals surface area (Å²) in [6.07, 6.45) is 2.43. The molecule has 1 aromatic heterocycles. The zero-order valence-electron chi connectivity index (χ0n) is 15.7. The van der Waals surface area contributed by atoms with Crippen LogP contribution in [0.4, 0.5) is 5.69 Å². The van der Waals surface area contributed by atoms with E-state index in [2.05, 4.69) is 59.7 Å². The first-order valence-electron chi connectivity index (χ1n) is 9.65. The lowest BCUT2D eigenvalue weighted by molar-refractivity contribution is 0.194. The van der Waals surface area contributed by atoms with Gasteiger partial charge in [0.15, 0.2) is 0 Å². The average molecular weight is 348 g/mol. The summed E-state index contributed by atoms with van der Waals surface area (Å²) in [5, 5.41) is 0. The summed E-state index contributed by atoms with van der Waals surface area (Å²) in [4.78, 5) is 7.58. The van der Waals surface area contributed by atoms with Crippen molar-refractivity contribution in [2.75, 3.05) is 18.8 Å². The van der Waals surface area contributed by atoms with Crippen LogP contribution < -0.4 is 5.73 Å². The molecule has 4 rings (SSSR count). The second kappa shape index (κ2) is 7.12. The normalized spacial score (nSPS) is 18.7. The number of likely N-dealkylation sites (tertiary alicyclic amines) is 1. The van der Waals surface area contributed by atoms with Crippen molar-refractivity contribution in [3.8, 4) is 0 Å². The molecule has 0 amide bonds. The first kappa shape index (κ1) is 17.1. The summed E-state index contributed by atoms with van der Waals surface area (Å²) >= 11 is 0. The fourth-order valence-electron chi connectivity index (χ4n) is 4.25. The van der Waals surface area contributed by atoms with Crippen LogP contribution in [0, 0.1) is 0 Å². The molecule has 2 aromatic carbocycles. The molecule has 136 valence electrons. The van der Waals surface area contributed by atoms with Crippen LogP contribution in [0.5, 0.6) is 0 Å². The predicted octanol–water partition coefficient (Wildman–Crippen LogP) is 4.58. The standard InChI is InChI=1S/C22H28N4/c1-16(2)26-21-11-4-3-10-20(21)24-22(26)18-8-6-12-25(15-18)14-17-7-5-9-19(23)13-17/h3-5,7,9-11,13,16,18H,6,8,12,14-15,23H2,1-2H3. The number of hydrogen-bond donors (Lipinski definition) is 1. The third-order valence-electron chi connectivity index (χ3n) is 5.37. The molecule has 1 unspecified atom stereocenters. The molecule has 1 atom stereocenters. The van der Waals surface area contributed by atoms with Crippen molar-refractivity contribution in [2.24, 2.45) is 0 Å². The van der Waals surface area contributed by atoms with Crippen molar-refractivity contribution >= 4 is 16.7 Å². The predicted molar refractivity (Wildman–Crippen MR) is 108 cm³/mol. The fraction of sp³-hybridized carbons (Fsp3) is 0.409. The summed E-state index contributed by atoms with van der Waals surface area (Å²) in [6.45, 7) is 7.68. The molecule has 2 N–H and O–H groups in total. The van der Waals surface area contributed by atoms with Gasteiger partial charge in [-0.05, 0) is 63.1 Å². The van der Waals surface area contributed by atoms with Crippen LogP contribution in [0.15, 0.2) is 48.5 Å². The van der Waals surface area contributed by atoms with Gasteiger partial charge in [0.2, 0.25) is 0 Å². The van der Waals surface area contributed by atoms with Gasteiger partial charge in [-0.2, -0.15) is 0 Å². The molecule has 4 heteroatoms. The van der Waals surface area contributed by atoms with Crippen molar-refractivity contribution in [1.82, 2.24) is 14.5 Å². The Bertz CT molecular complexity index is 896. The minimum atomic E-state index is 0.418. The first-order valence-corrected chi connectivity index (χ1v) is 9.65. The number of fused-ring (bicyclic) bond motifs is 1. The minimum absolute atomic E-state index is 0.418. The lowest BCUT2D eigenvalue weighted by Crippen LogP contribution is -2.35. The molecular weight excluding hydrogens is 320 g/mol. The number of hydrogen-bond acceptors (Lipinski definition) is 3. The lowest BCUT2D eigenvalue weighted by Gasteiger charge is -2.33. The first-order chi connectivity index (χ1) is 12.6. The van der Waals surface area contributed by atoms with Gasteiger partial charge in [0.1, 0.15) is 5.82 Å². The van der Waals surface area contributed by atoms with E-state index < -0.39 is 0 Å². The molecule has 1 aliphatic heterocycles. The van der Waals surface area contributed by atoms with Gasteiger partial charge < -0.3 is 10.3 Å². The maximum absolute atomic E-state index is 5.95. The Balaban J connectivity index is 1.60. The van der Waals surface area contributed by atoms with Crippen molar-refractivity contribution in [2.45, 2.75) is 45.2 Å². The number of rotatable bonds is 4. The summed E-state index contributed by atoms with van der Waals surface area (Å²) in [6, 6.07) is 17.2. The molecule has 0 radical (unpaired) electrons. The molecular formula is C22H28N4. The minimum Gasteiger partial charge on any atom is -0.399 e. The highest BCUT2D eigenvalue weighted by Gasteiger charge is 2.27. The van der Waals surface area contributed by atoms with Gasteiger partial charge in [0.05, 0.1) is 11.0 Å². The van der Waals surface area contributed by atoms with Crippen molar-refractivity contribution in [1.29, 1.82) is 0 Å². The van der Waals surface area contributed by atoms with E-state index in [-0.39, 0.29) is 0 Å². The molecule has 3 aromatic rings. The highest BCUT2D eigenvalue weighted by Crippen LogP contribution is 2.32. The molecule has 1 aliphatic rings. The third kappa shape index (κ3) is 3.34. The maximum atomic E-state index is 5.95. The van der Waals surface area contributed by atoms with Gasteiger partial charge in [0, 0.05) is 30.7 Å². The van der Waals surface area contributed by atoms with Crippen LogP contribution in [0.25, 0.3) is 11.0 Å². The Labute approximate surface area is 155 Å². The zero-order chi connectivity index (χ0) is 18.1. The molecule has 0 saturated carbocycles. The lowest BCUT2D eigenvalue weighted by atomic mass is 9.96. The Hall–Kier alpha value is -2.33. The SMILES string of the molecule is CC(C)n1c(C2CCCN(Cc3cccc(N)c3)C2)nc2ccccc21. The number of nitrogen functional groups attached to an aromatic ring is 1. The number of nitrogens with two attached hydrogens (primary N) is 1. The van der Waals surface area contributed by atoms with Crippen molar-refractivity contribution in [3.05, 3.63) is 59.9 Å². The fourth-order valence-corrected chi connectivity index (χ4v) is 4.25. The number of piperidine rings is 1. The van der Waals surface area contributed by atoms with Crippen LogP contribution in [0.2, 0.25) is 0 Å². The summed E-state index contributed by atoms with van der Waals surface area (Å²) in [5.41, 5.74) is 10.5. The van der Waals surface area contributed by atoms with E-state index in [9.17, 15) is 0 Å². The zero-order valence-corrected chi connectivity index (χ0v) is 15.7. The van der Waals surface area contributed by atoms with E-state index >= 15 is 0 Å². The highest BCUT2D eigenvalue weighted by atomic mass is 15.2. The van der Waals surface area contributed by atoms with E-state index in [1.54, 1.807) is 0 Å². The highest BCUT2D eigenvalue weighted by molar-refractivity contribution is 5.76. The molecule has 0 aliphatic carbocycles.